The fourth-order valence-electron chi connectivity index (χ4n) is 2.94. The second-order valence-electron chi connectivity index (χ2n) is 5.65. The summed E-state index contributed by atoms with van der Waals surface area (Å²) >= 11 is 0. The van der Waals surface area contributed by atoms with Gasteiger partial charge in [0.05, 0.1) is 5.57 Å². The Hall–Kier alpha value is -3.60. The molecule has 0 saturated carbocycles. The van der Waals surface area contributed by atoms with Crippen molar-refractivity contribution in [3.8, 4) is 17.1 Å². The van der Waals surface area contributed by atoms with Crippen molar-refractivity contribution < 1.29 is 19.4 Å². The van der Waals surface area contributed by atoms with E-state index in [0.717, 1.165) is 0 Å². The van der Waals surface area contributed by atoms with Crippen molar-refractivity contribution in [2.24, 2.45) is 0 Å². The summed E-state index contributed by atoms with van der Waals surface area (Å²) < 4.78 is 5.76. The number of phenols is 1. The van der Waals surface area contributed by atoms with Crippen molar-refractivity contribution in [2.75, 3.05) is 0 Å². The second kappa shape index (κ2) is 6.72. The Bertz CT molecular complexity index is 1110. The van der Waals surface area contributed by atoms with Gasteiger partial charge in [0.2, 0.25) is 0 Å². The van der Waals surface area contributed by atoms with Crippen LogP contribution in [0.1, 0.15) is 12.5 Å². The van der Waals surface area contributed by atoms with E-state index in [0.29, 0.717) is 33.4 Å². The highest BCUT2D eigenvalue weighted by Crippen LogP contribution is 2.39. The fraction of sp³-hybridized carbons (Fsp3) is 0.0476. The molecule has 0 spiro atoms. The van der Waals surface area contributed by atoms with Crippen LogP contribution in [0.4, 0.5) is 0 Å². The van der Waals surface area contributed by atoms with E-state index in [2.05, 4.69) is 6.58 Å². The topological polar surface area (TPSA) is 87.7 Å². The Balaban J connectivity index is 2.57. The molecule has 3 rings (SSSR count). The highest BCUT2D eigenvalue weighted by Gasteiger charge is 2.21. The van der Waals surface area contributed by atoms with Crippen molar-refractivity contribution in [1.82, 2.24) is 0 Å². The van der Waals surface area contributed by atoms with Gasteiger partial charge in [0.1, 0.15) is 17.1 Å². The Kier molecular flexibility index (Phi) is 4.45. The van der Waals surface area contributed by atoms with E-state index in [-0.39, 0.29) is 16.8 Å². The summed E-state index contributed by atoms with van der Waals surface area (Å²) in [6.07, 6.45) is 4.59. The number of hydrogen-bond acceptors (Lipinski definition) is 4. The Labute approximate surface area is 149 Å². The van der Waals surface area contributed by atoms with E-state index in [1.807, 2.05) is 0 Å². The molecule has 0 radical (unpaired) electrons. The lowest BCUT2D eigenvalue weighted by Gasteiger charge is -2.17. The van der Waals surface area contributed by atoms with E-state index in [1.54, 1.807) is 25.1 Å². The molecule has 5 nitrogen and oxygen atoms in total. The van der Waals surface area contributed by atoms with Crippen LogP contribution in [-0.2, 0) is 4.79 Å². The summed E-state index contributed by atoms with van der Waals surface area (Å²) in [6.45, 7) is 5.50. The number of benzene rings is 2. The molecule has 0 amide bonds. The van der Waals surface area contributed by atoms with Crippen molar-refractivity contribution in [2.45, 2.75) is 6.92 Å². The van der Waals surface area contributed by atoms with Crippen LogP contribution in [-0.4, -0.2) is 16.2 Å². The molecular formula is C21H16O5. The number of allylic oxidation sites excluding steroid dienone is 3. The molecule has 1 aliphatic carbocycles. The van der Waals surface area contributed by atoms with Crippen LogP contribution in [0.3, 0.4) is 0 Å². The first-order valence-electron chi connectivity index (χ1n) is 7.89. The lowest BCUT2D eigenvalue weighted by atomic mass is 9.90. The normalized spacial score (nSPS) is 12.5. The molecule has 0 fully saturated rings. The van der Waals surface area contributed by atoms with Gasteiger partial charge in [-0.15, -0.1) is 0 Å². The quantitative estimate of drug-likeness (QED) is 0.419. The third kappa shape index (κ3) is 2.91. The van der Waals surface area contributed by atoms with Crippen molar-refractivity contribution in [3.05, 3.63) is 82.6 Å². The molecule has 0 atom stereocenters. The molecule has 0 saturated heterocycles. The first-order valence-corrected chi connectivity index (χ1v) is 7.89. The van der Waals surface area contributed by atoms with Crippen molar-refractivity contribution >= 4 is 22.5 Å². The molecule has 26 heavy (non-hydrogen) atoms. The predicted octanol–water partition coefficient (Wildman–Crippen LogP) is 4.20. The van der Waals surface area contributed by atoms with Gasteiger partial charge in [-0.1, -0.05) is 24.8 Å². The van der Waals surface area contributed by atoms with Gasteiger partial charge in [0, 0.05) is 28.6 Å². The molecule has 2 N–H and O–H groups in total. The zero-order valence-corrected chi connectivity index (χ0v) is 14.0. The molecule has 1 aromatic carbocycles. The summed E-state index contributed by atoms with van der Waals surface area (Å²) in [5.74, 6) is -0.796. The fourth-order valence-corrected chi connectivity index (χ4v) is 2.94. The van der Waals surface area contributed by atoms with Gasteiger partial charge in [-0.05, 0) is 36.8 Å². The molecule has 0 bridgehead atoms. The van der Waals surface area contributed by atoms with Crippen LogP contribution in [0.25, 0.3) is 27.9 Å². The molecule has 2 aliphatic rings. The summed E-state index contributed by atoms with van der Waals surface area (Å²) in [7, 11) is 0. The summed E-state index contributed by atoms with van der Waals surface area (Å²) in [4.78, 5) is 23.5. The minimum atomic E-state index is -1.10. The maximum Gasteiger partial charge on any atom is 0.336 e. The maximum atomic E-state index is 11.8. The van der Waals surface area contributed by atoms with Crippen LogP contribution < -0.4 is 5.43 Å². The van der Waals surface area contributed by atoms with Crippen LogP contribution >= 0.6 is 0 Å². The first-order chi connectivity index (χ1) is 12.5. The average molecular weight is 348 g/mol. The SMILES string of the molecule is C=C/C(=C(\C=C/C)C(=O)O)c1c2ccc(=O)cc-2oc2cc(O)ccc12. The molecule has 1 heterocycles. The van der Waals surface area contributed by atoms with Crippen LogP contribution in [0.15, 0.2) is 76.0 Å². The lowest BCUT2D eigenvalue weighted by Crippen LogP contribution is -2.05. The maximum absolute atomic E-state index is 11.8. The zero-order valence-electron chi connectivity index (χ0n) is 14.0. The van der Waals surface area contributed by atoms with E-state index in [9.17, 15) is 19.8 Å². The number of hydrogen-bond donors (Lipinski definition) is 2. The Morgan fingerprint density at radius 1 is 1.19 bits per heavy atom. The molecule has 0 aromatic heterocycles. The van der Waals surface area contributed by atoms with E-state index >= 15 is 0 Å². The molecule has 1 aromatic rings. The monoisotopic (exact) mass is 348 g/mol. The van der Waals surface area contributed by atoms with E-state index < -0.39 is 5.97 Å². The van der Waals surface area contributed by atoms with Gasteiger partial charge in [-0.2, -0.15) is 0 Å². The average Bonchev–Trinajstić information content (AvgIpc) is 2.60. The highest BCUT2D eigenvalue weighted by atomic mass is 16.4. The Morgan fingerprint density at radius 3 is 2.62 bits per heavy atom. The highest BCUT2D eigenvalue weighted by molar-refractivity contribution is 6.09. The molecule has 0 unspecified atom stereocenters. The lowest BCUT2D eigenvalue weighted by molar-refractivity contribution is -0.132. The minimum absolute atomic E-state index is 0.000808. The van der Waals surface area contributed by atoms with Gasteiger partial charge in [-0.3, -0.25) is 4.79 Å². The smallest absolute Gasteiger partial charge is 0.336 e. The van der Waals surface area contributed by atoms with E-state index in [4.69, 9.17) is 4.42 Å². The number of carbonyl (C=O) groups is 1. The van der Waals surface area contributed by atoms with Crippen LogP contribution in [0.2, 0.25) is 0 Å². The van der Waals surface area contributed by atoms with Gasteiger partial charge in [0.25, 0.3) is 0 Å². The number of rotatable bonds is 4. The first kappa shape index (κ1) is 17.2. The molecule has 1 aliphatic heterocycles. The largest absolute Gasteiger partial charge is 0.508 e. The van der Waals surface area contributed by atoms with Crippen LogP contribution in [0, 0.1) is 0 Å². The summed E-state index contributed by atoms with van der Waals surface area (Å²) in [5.41, 5.74) is 1.72. The Morgan fingerprint density at radius 2 is 1.96 bits per heavy atom. The number of carboxylic acids is 1. The number of carboxylic acid groups (broad SMARTS) is 1. The third-order valence-electron chi connectivity index (χ3n) is 4.00. The third-order valence-corrected chi connectivity index (χ3v) is 4.00. The van der Waals surface area contributed by atoms with Crippen LogP contribution in [0.5, 0.6) is 5.75 Å². The van der Waals surface area contributed by atoms with Crippen molar-refractivity contribution in [3.63, 3.8) is 0 Å². The standard InChI is InChI=1S/C21H16O5/c1-3-5-15(21(24)25)14(4-2)20-16-8-6-12(22)10-18(16)26-19-11-13(23)7-9-17(19)20/h3-11,22H,2H2,1H3,(H,24,25)/b5-3-,15-14-. The zero-order chi connectivity index (χ0) is 18.8. The number of fused-ring (bicyclic) bond motifs is 2. The predicted molar refractivity (Wildman–Crippen MR) is 100 cm³/mol. The minimum Gasteiger partial charge on any atom is -0.508 e. The summed E-state index contributed by atoms with van der Waals surface area (Å²) in [5, 5.41) is 20.0. The molecular weight excluding hydrogens is 332 g/mol. The van der Waals surface area contributed by atoms with Gasteiger partial charge < -0.3 is 14.6 Å². The second-order valence-corrected chi connectivity index (χ2v) is 5.65. The summed E-state index contributed by atoms with van der Waals surface area (Å²) in [6, 6.07) is 8.89. The number of aromatic hydroxyl groups is 1. The van der Waals surface area contributed by atoms with Crippen molar-refractivity contribution in [1.29, 1.82) is 0 Å². The molecule has 5 heteroatoms. The van der Waals surface area contributed by atoms with Gasteiger partial charge >= 0.3 is 5.97 Å². The van der Waals surface area contributed by atoms with E-state index in [1.165, 1.54) is 36.4 Å². The van der Waals surface area contributed by atoms with Gasteiger partial charge in [0.15, 0.2) is 5.43 Å². The number of aliphatic carboxylic acids is 1. The number of phenolic OH excluding ortho intramolecular Hbond substituents is 1. The molecule has 130 valence electrons. The van der Waals surface area contributed by atoms with Gasteiger partial charge in [-0.25, -0.2) is 4.79 Å².